The SMILES string of the molecule is COc1ccc(CN2CCN(C3CC4(CCN(c5ccccc5C(=O)NS(=O)(=O)c5cnc(NCC6CCC(C)(O)CC6)c([N+](=O)[O-])c5)CC4)C3)[C@H](c3ccccc3C(C)C)C2)cc1F. The molecule has 14 nitrogen and oxygen atoms in total. The lowest BCUT2D eigenvalue weighted by Gasteiger charge is -2.58. The number of piperidine rings is 1. The Morgan fingerprint density at radius 1 is 1.00 bits per heavy atom. The van der Waals surface area contributed by atoms with Gasteiger partial charge in [-0.3, -0.25) is 24.7 Å². The second-order valence-corrected chi connectivity index (χ2v) is 21.0. The normalized spacial score (nSPS) is 23.0. The van der Waals surface area contributed by atoms with Crippen LogP contribution in [0.25, 0.3) is 0 Å². The Balaban J connectivity index is 0.904. The highest BCUT2D eigenvalue weighted by Gasteiger charge is 2.50. The smallest absolute Gasteiger partial charge is 0.312 e. The number of para-hydroxylation sites is 1. The number of benzene rings is 3. The summed E-state index contributed by atoms with van der Waals surface area (Å²) in [4.78, 5) is 36.1. The predicted octanol–water partition coefficient (Wildman–Crippen LogP) is 8.04. The van der Waals surface area contributed by atoms with E-state index in [0.29, 0.717) is 56.7 Å². The van der Waals surface area contributed by atoms with Gasteiger partial charge in [-0.1, -0.05) is 56.3 Å². The zero-order valence-electron chi connectivity index (χ0n) is 37.8. The summed E-state index contributed by atoms with van der Waals surface area (Å²) in [6, 6.07) is 22.5. The van der Waals surface area contributed by atoms with Crippen molar-refractivity contribution in [3.8, 4) is 5.75 Å². The molecule has 3 aromatic carbocycles. The van der Waals surface area contributed by atoms with E-state index in [1.807, 2.05) is 18.2 Å². The van der Waals surface area contributed by atoms with Crippen molar-refractivity contribution in [3.63, 3.8) is 0 Å². The number of carbonyl (C=O) groups is 1. The number of halogens is 1. The number of nitro groups is 1. The van der Waals surface area contributed by atoms with E-state index >= 15 is 0 Å². The summed E-state index contributed by atoms with van der Waals surface area (Å²) in [5.74, 6) is -0.435. The molecule has 4 fully saturated rings. The number of nitrogens with one attached hydrogen (secondary N) is 2. The molecule has 2 aliphatic heterocycles. The number of hydrogen-bond donors (Lipinski definition) is 3. The second kappa shape index (κ2) is 19.0. The van der Waals surface area contributed by atoms with Gasteiger partial charge in [-0.25, -0.2) is 22.5 Å². The molecule has 1 aromatic heterocycles. The zero-order chi connectivity index (χ0) is 46.1. The van der Waals surface area contributed by atoms with Crippen molar-refractivity contribution in [2.45, 2.75) is 107 Å². The molecular weight excluding hydrogens is 850 g/mol. The largest absolute Gasteiger partial charge is 0.494 e. The van der Waals surface area contributed by atoms with Crippen molar-refractivity contribution in [1.29, 1.82) is 0 Å². The number of anilines is 2. The van der Waals surface area contributed by atoms with Gasteiger partial charge in [0.1, 0.15) is 4.90 Å². The Kier molecular flexibility index (Phi) is 13.5. The van der Waals surface area contributed by atoms with Gasteiger partial charge in [-0.15, -0.1) is 0 Å². The molecule has 2 aliphatic carbocycles. The second-order valence-electron chi connectivity index (χ2n) is 19.4. The fourth-order valence-corrected chi connectivity index (χ4v) is 11.6. The maximum Gasteiger partial charge on any atom is 0.312 e. The topological polar surface area (TPSA) is 170 Å². The summed E-state index contributed by atoms with van der Waals surface area (Å²) >= 11 is 0. The molecule has 0 radical (unpaired) electrons. The van der Waals surface area contributed by atoms with Crippen LogP contribution in [0.1, 0.15) is 111 Å². The van der Waals surface area contributed by atoms with Gasteiger partial charge >= 0.3 is 5.69 Å². The van der Waals surface area contributed by atoms with Crippen molar-refractivity contribution in [2.24, 2.45) is 11.3 Å². The molecule has 0 unspecified atom stereocenters. The van der Waals surface area contributed by atoms with E-state index in [2.05, 4.69) is 67.8 Å². The molecule has 348 valence electrons. The Morgan fingerprint density at radius 3 is 2.40 bits per heavy atom. The summed E-state index contributed by atoms with van der Waals surface area (Å²) in [7, 11) is -3.05. The van der Waals surface area contributed by atoms with Crippen LogP contribution in [0, 0.1) is 27.3 Å². The fourth-order valence-electron chi connectivity index (χ4n) is 10.7. The third-order valence-electron chi connectivity index (χ3n) is 14.5. The highest BCUT2D eigenvalue weighted by atomic mass is 32.2. The monoisotopic (exact) mass is 911 g/mol. The minimum atomic E-state index is -4.53. The van der Waals surface area contributed by atoms with E-state index < -0.39 is 37.0 Å². The molecular formula is C49H62FN7O7S. The number of amides is 1. The van der Waals surface area contributed by atoms with Crippen LogP contribution in [0.2, 0.25) is 0 Å². The van der Waals surface area contributed by atoms with Crippen LogP contribution in [0.5, 0.6) is 5.75 Å². The number of methoxy groups -OCH3 is 1. The molecule has 1 amide bonds. The van der Waals surface area contributed by atoms with Crippen LogP contribution in [0.15, 0.2) is 83.9 Å². The van der Waals surface area contributed by atoms with Crippen LogP contribution in [-0.4, -0.2) is 97.2 Å². The average Bonchev–Trinajstić information content (AvgIpc) is 3.27. The maximum absolute atomic E-state index is 14.7. The number of ether oxygens (including phenoxy) is 1. The van der Waals surface area contributed by atoms with Crippen LogP contribution in [0.4, 0.5) is 21.6 Å². The van der Waals surface area contributed by atoms with Crippen molar-refractivity contribution >= 4 is 33.1 Å². The number of carbonyl (C=O) groups excluding carboxylic acids is 1. The number of aliphatic hydroxyl groups is 1. The number of nitrogens with zero attached hydrogens (tertiary/aromatic N) is 5. The minimum Gasteiger partial charge on any atom is -0.494 e. The summed E-state index contributed by atoms with van der Waals surface area (Å²) in [5.41, 5.74) is 3.41. The van der Waals surface area contributed by atoms with E-state index in [0.717, 1.165) is 76.0 Å². The van der Waals surface area contributed by atoms with Crippen LogP contribution in [0.3, 0.4) is 0 Å². The molecule has 0 bridgehead atoms. The lowest BCUT2D eigenvalue weighted by molar-refractivity contribution is -0.384. The highest BCUT2D eigenvalue weighted by Crippen LogP contribution is 2.53. The van der Waals surface area contributed by atoms with Crippen molar-refractivity contribution in [1.82, 2.24) is 19.5 Å². The highest BCUT2D eigenvalue weighted by molar-refractivity contribution is 7.90. The van der Waals surface area contributed by atoms with Gasteiger partial charge in [-0.2, -0.15) is 0 Å². The van der Waals surface area contributed by atoms with Gasteiger partial charge in [0.25, 0.3) is 15.9 Å². The van der Waals surface area contributed by atoms with E-state index in [9.17, 15) is 32.8 Å². The first-order chi connectivity index (χ1) is 31.0. The summed E-state index contributed by atoms with van der Waals surface area (Å²) in [5, 5.41) is 25.3. The van der Waals surface area contributed by atoms with E-state index in [1.165, 1.54) is 18.2 Å². The van der Waals surface area contributed by atoms with Crippen molar-refractivity contribution < 1.29 is 32.4 Å². The summed E-state index contributed by atoms with van der Waals surface area (Å²) in [6.45, 7) is 11.4. The first-order valence-corrected chi connectivity index (χ1v) is 24.4. The molecule has 1 atom stereocenters. The Bertz CT molecular complexity index is 2480. The standard InChI is InChI=1S/C49H62FN7O7S/c1-33(2)38-9-5-6-10-39(38)44-32-54(31-35-13-14-45(64-4)41(50)25-35)23-24-56(44)36-27-49(28-36)19-21-55(22-20-49)42-12-8-7-11-40(42)47(58)53-65(62,63)37-26-43(57(60)61)46(52-30-37)51-29-34-15-17-48(3,59)18-16-34/h5-14,25-26,30,33-34,36,44,59H,15-24,27-29,31-32H2,1-4H3,(H,51,52)(H,53,58)/t34?,44-,48?/m0/s1. The molecule has 3 heterocycles. The maximum atomic E-state index is 14.7. The molecule has 4 aliphatic rings. The number of rotatable bonds is 14. The van der Waals surface area contributed by atoms with Crippen LogP contribution >= 0.6 is 0 Å². The van der Waals surface area contributed by atoms with E-state index in [1.54, 1.807) is 31.2 Å². The molecule has 16 heteroatoms. The van der Waals surface area contributed by atoms with Crippen LogP contribution < -0.4 is 19.7 Å². The number of hydrogen-bond acceptors (Lipinski definition) is 12. The third kappa shape index (κ3) is 10.3. The average molecular weight is 912 g/mol. The first-order valence-electron chi connectivity index (χ1n) is 22.9. The molecule has 3 N–H and O–H groups in total. The molecule has 2 saturated heterocycles. The van der Waals surface area contributed by atoms with E-state index in [-0.39, 0.29) is 40.3 Å². The number of pyridine rings is 1. The molecule has 2 saturated carbocycles. The Morgan fingerprint density at radius 2 is 1.71 bits per heavy atom. The van der Waals surface area contributed by atoms with Gasteiger partial charge < -0.3 is 20.1 Å². The Hall–Kier alpha value is -5.16. The minimum absolute atomic E-state index is 0.0537. The number of aromatic nitrogens is 1. The lowest BCUT2D eigenvalue weighted by Crippen LogP contribution is -2.60. The molecule has 4 aromatic rings. The van der Waals surface area contributed by atoms with Gasteiger partial charge in [-0.05, 0) is 116 Å². The first kappa shape index (κ1) is 46.4. The number of piperazine rings is 1. The zero-order valence-corrected chi connectivity index (χ0v) is 38.7. The van der Waals surface area contributed by atoms with Gasteiger partial charge in [0.15, 0.2) is 11.6 Å². The van der Waals surface area contributed by atoms with Gasteiger partial charge in [0.2, 0.25) is 5.82 Å². The van der Waals surface area contributed by atoms with Gasteiger partial charge in [0.05, 0.1) is 29.4 Å². The quantitative estimate of drug-likeness (QED) is 0.0824. The third-order valence-corrected chi connectivity index (χ3v) is 15.8. The van der Waals surface area contributed by atoms with E-state index in [4.69, 9.17) is 4.74 Å². The molecule has 8 rings (SSSR count). The van der Waals surface area contributed by atoms with Gasteiger partial charge in [0, 0.05) is 69.7 Å². The number of sulfonamides is 1. The summed E-state index contributed by atoms with van der Waals surface area (Å²) < 4.78 is 49.1. The van der Waals surface area contributed by atoms with Crippen molar-refractivity contribution in [3.05, 3.63) is 117 Å². The summed E-state index contributed by atoms with van der Waals surface area (Å²) in [6.07, 6.45) is 7.79. The predicted molar refractivity (Wildman–Crippen MR) is 248 cm³/mol. The lowest BCUT2D eigenvalue weighted by atomic mass is 9.59. The molecule has 65 heavy (non-hydrogen) atoms. The molecule has 1 spiro atoms. The Labute approximate surface area is 381 Å². The van der Waals surface area contributed by atoms with Crippen molar-refractivity contribution in [2.75, 3.05) is 56.6 Å². The fraction of sp³-hybridized carbons (Fsp3) is 0.510. The van der Waals surface area contributed by atoms with Crippen LogP contribution in [-0.2, 0) is 16.6 Å².